The van der Waals surface area contributed by atoms with Crippen LogP contribution >= 0.6 is 0 Å². The predicted molar refractivity (Wildman–Crippen MR) is 115 cm³/mol. The van der Waals surface area contributed by atoms with Crippen molar-refractivity contribution in [2.75, 3.05) is 30.4 Å². The number of piperidine rings is 1. The Bertz CT molecular complexity index is 938. The monoisotopic (exact) mass is 408 g/mol. The second-order valence-corrected chi connectivity index (χ2v) is 8.31. The number of nitrogens with zero attached hydrogens (tertiary/aromatic N) is 3. The molecule has 0 saturated carbocycles. The molecule has 4 rings (SSSR count). The van der Waals surface area contributed by atoms with Crippen LogP contribution < -0.4 is 10.2 Å². The highest BCUT2D eigenvalue weighted by Gasteiger charge is 2.27. The second kappa shape index (κ2) is 8.81. The Hall–Kier alpha value is -2.96. The van der Waals surface area contributed by atoms with Crippen molar-refractivity contribution in [3.05, 3.63) is 47.3 Å². The molecule has 0 bridgehead atoms. The van der Waals surface area contributed by atoms with Crippen molar-refractivity contribution in [2.45, 2.75) is 39.0 Å². The molecule has 2 heterocycles. The number of aryl methyl sites for hydroxylation is 1. The van der Waals surface area contributed by atoms with Gasteiger partial charge in [0.15, 0.2) is 0 Å². The van der Waals surface area contributed by atoms with Gasteiger partial charge in [-0.05, 0) is 61.8 Å². The summed E-state index contributed by atoms with van der Waals surface area (Å²) in [5, 5.41) is 2.93. The molecule has 0 unspecified atom stereocenters. The Morgan fingerprint density at radius 1 is 1.20 bits per heavy atom. The number of benzene rings is 1. The zero-order valence-corrected chi connectivity index (χ0v) is 17.6. The van der Waals surface area contributed by atoms with E-state index in [1.54, 1.807) is 24.3 Å². The van der Waals surface area contributed by atoms with Crippen molar-refractivity contribution >= 4 is 23.5 Å². The van der Waals surface area contributed by atoms with Gasteiger partial charge in [-0.2, -0.15) is 0 Å². The predicted octanol–water partition coefficient (Wildman–Crippen LogP) is 3.24. The summed E-state index contributed by atoms with van der Waals surface area (Å²) < 4.78 is 4.74. The quantitative estimate of drug-likeness (QED) is 0.782. The van der Waals surface area contributed by atoms with E-state index in [4.69, 9.17) is 9.72 Å². The zero-order chi connectivity index (χ0) is 21.1. The molecule has 1 fully saturated rings. The molecule has 1 aliphatic heterocycles. The van der Waals surface area contributed by atoms with Gasteiger partial charge in [0.1, 0.15) is 0 Å². The van der Waals surface area contributed by atoms with Crippen LogP contribution in [0.5, 0.6) is 0 Å². The molecular weight excluding hydrogens is 380 g/mol. The SMILES string of the molecule is COC(=O)c1cccc(NC(=O)[C@@H]2CCc3nc(N4CCC(C)CC4)ncc3C2)c1. The van der Waals surface area contributed by atoms with Crippen molar-refractivity contribution in [2.24, 2.45) is 11.8 Å². The smallest absolute Gasteiger partial charge is 0.337 e. The van der Waals surface area contributed by atoms with Gasteiger partial charge in [0.05, 0.1) is 12.7 Å². The lowest BCUT2D eigenvalue weighted by Crippen LogP contribution is -2.35. The molecule has 1 atom stereocenters. The average molecular weight is 409 g/mol. The number of anilines is 2. The molecule has 1 aliphatic carbocycles. The van der Waals surface area contributed by atoms with E-state index in [1.165, 1.54) is 20.0 Å². The van der Waals surface area contributed by atoms with E-state index in [0.717, 1.165) is 49.1 Å². The summed E-state index contributed by atoms with van der Waals surface area (Å²) >= 11 is 0. The molecule has 1 N–H and O–H groups in total. The summed E-state index contributed by atoms with van der Waals surface area (Å²) in [5.41, 5.74) is 3.13. The van der Waals surface area contributed by atoms with Gasteiger partial charge < -0.3 is 15.0 Å². The summed E-state index contributed by atoms with van der Waals surface area (Å²) in [7, 11) is 1.34. The Balaban J connectivity index is 1.40. The summed E-state index contributed by atoms with van der Waals surface area (Å²) in [6, 6.07) is 6.80. The normalized spacial score (nSPS) is 19.1. The summed E-state index contributed by atoms with van der Waals surface area (Å²) in [6.45, 7) is 4.31. The van der Waals surface area contributed by atoms with E-state index in [2.05, 4.69) is 22.1 Å². The molecule has 1 amide bonds. The molecule has 0 radical (unpaired) electrons. The van der Waals surface area contributed by atoms with E-state index in [9.17, 15) is 9.59 Å². The number of amides is 1. The fourth-order valence-corrected chi connectivity index (χ4v) is 4.17. The second-order valence-electron chi connectivity index (χ2n) is 8.31. The first-order valence-corrected chi connectivity index (χ1v) is 10.6. The Morgan fingerprint density at radius 3 is 2.77 bits per heavy atom. The molecule has 7 nitrogen and oxygen atoms in total. The van der Waals surface area contributed by atoms with Crippen LogP contribution in [0, 0.1) is 11.8 Å². The van der Waals surface area contributed by atoms with Crippen LogP contribution in [-0.2, 0) is 22.4 Å². The molecule has 2 aromatic rings. The van der Waals surface area contributed by atoms with Gasteiger partial charge in [0.2, 0.25) is 11.9 Å². The summed E-state index contributed by atoms with van der Waals surface area (Å²) in [6.07, 6.45) is 6.42. The number of rotatable bonds is 4. The standard InChI is InChI=1S/C23H28N4O3/c1-15-8-10-27(11-9-15)23-24-14-18-12-16(6-7-20(18)26-23)21(28)25-19-5-3-4-17(13-19)22(29)30-2/h3-5,13-16H,6-12H2,1-2H3,(H,25,28)/t16-/m1/s1. The van der Waals surface area contributed by atoms with Crippen molar-refractivity contribution in [1.82, 2.24) is 9.97 Å². The minimum atomic E-state index is -0.422. The van der Waals surface area contributed by atoms with Crippen LogP contribution in [0.15, 0.2) is 30.5 Å². The Kier molecular flexibility index (Phi) is 5.97. The molecule has 1 aromatic carbocycles. The maximum absolute atomic E-state index is 12.8. The van der Waals surface area contributed by atoms with Crippen molar-refractivity contribution in [1.29, 1.82) is 0 Å². The summed E-state index contributed by atoms with van der Waals surface area (Å²) in [4.78, 5) is 36.2. The topological polar surface area (TPSA) is 84.4 Å². The van der Waals surface area contributed by atoms with E-state index >= 15 is 0 Å². The number of methoxy groups -OCH3 is 1. The van der Waals surface area contributed by atoms with E-state index in [-0.39, 0.29) is 11.8 Å². The number of esters is 1. The van der Waals surface area contributed by atoms with Crippen molar-refractivity contribution < 1.29 is 14.3 Å². The van der Waals surface area contributed by atoms with Crippen LogP contribution in [0.3, 0.4) is 0 Å². The zero-order valence-electron chi connectivity index (χ0n) is 17.6. The number of fused-ring (bicyclic) bond motifs is 1. The maximum Gasteiger partial charge on any atom is 0.337 e. The highest BCUT2D eigenvalue weighted by atomic mass is 16.5. The van der Waals surface area contributed by atoms with Crippen LogP contribution in [0.2, 0.25) is 0 Å². The third-order valence-electron chi connectivity index (χ3n) is 6.13. The Morgan fingerprint density at radius 2 is 2.00 bits per heavy atom. The number of carbonyl (C=O) groups excluding carboxylic acids is 2. The van der Waals surface area contributed by atoms with Gasteiger partial charge in [-0.15, -0.1) is 0 Å². The van der Waals surface area contributed by atoms with Gasteiger partial charge in [-0.3, -0.25) is 4.79 Å². The summed E-state index contributed by atoms with van der Waals surface area (Å²) in [5.74, 6) is 0.991. The largest absolute Gasteiger partial charge is 0.465 e. The van der Waals surface area contributed by atoms with E-state index in [1.807, 2.05) is 6.20 Å². The van der Waals surface area contributed by atoms with Gasteiger partial charge in [-0.25, -0.2) is 14.8 Å². The number of nitrogens with one attached hydrogen (secondary N) is 1. The minimum Gasteiger partial charge on any atom is -0.465 e. The minimum absolute atomic E-state index is 0.0447. The van der Waals surface area contributed by atoms with Crippen molar-refractivity contribution in [3.8, 4) is 0 Å². The van der Waals surface area contributed by atoms with E-state index < -0.39 is 5.97 Å². The maximum atomic E-state index is 12.8. The van der Waals surface area contributed by atoms with Gasteiger partial charge in [0, 0.05) is 36.6 Å². The first-order chi connectivity index (χ1) is 14.5. The molecule has 2 aliphatic rings. The average Bonchev–Trinajstić information content (AvgIpc) is 2.78. The van der Waals surface area contributed by atoms with Crippen LogP contribution in [-0.4, -0.2) is 42.0 Å². The first kappa shape index (κ1) is 20.3. The van der Waals surface area contributed by atoms with E-state index in [0.29, 0.717) is 17.7 Å². The highest BCUT2D eigenvalue weighted by molar-refractivity contribution is 5.95. The van der Waals surface area contributed by atoms with Crippen molar-refractivity contribution in [3.63, 3.8) is 0 Å². The molecular formula is C23H28N4O3. The molecule has 30 heavy (non-hydrogen) atoms. The lowest BCUT2D eigenvalue weighted by molar-refractivity contribution is -0.120. The molecule has 158 valence electrons. The van der Waals surface area contributed by atoms with Crippen LogP contribution in [0.1, 0.15) is 47.8 Å². The molecule has 1 aromatic heterocycles. The number of aromatic nitrogens is 2. The number of hydrogen-bond donors (Lipinski definition) is 1. The molecule has 7 heteroatoms. The van der Waals surface area contributed by atoms with Crippen LogP contribution in [0.25, 0.3) is 0 Å². The fourth-order valence-electron chi connectivity index (χ4n) is 4.17. The lowest BCUT2D eigenvalue weighted by atomic mass is 9.86. The van der Waals surface area contributed by atoms with Crippen LogP contribution in [0.4, 0.5) is 11.6 Å². The van der Waals surface area contributed by atoms with Gasteiger partial charge in [-0.1, -0.05) is 13.0 Å². The number of ether oxygens (including phenoxy) is 1. The first-order valence-electron chi connectivity index (χ1n) is 10.6. The number of carbonyl (C=O) groups is 2. The fraction of sp³-hybridized carbons (Fsp3) is 0.478. The van der Waals surface area contributed by atoms with Gasteiger partial charge in [0.25, 0.3) is 0 Å². The Labute approximate surface area is 176 Å². The molecule has 0 spiro atoms. The van der Waals surface area contributed by atoms with Gasteiger partial charge >= 0.3 is 5.97 Å². The number of hydrogen-bond acceptors (Lipinski definition) is 6. The lowest BCUT2D eigenvalue weighted by Gasteiger charge is -2.31. The third-order valence-corrected chi connectivity index (χ3v) is 6.13. The highest BCUT2D eigenvalue weighted by Crippen LogP contribution is 2.28. The third kappa shape index (κ3) is 4.45. The molecule has 1 saturated heterocycles.